The zero-order valence-electron chi connectivity index (χ0n) is 8.50. The molecule has 1 heterocycles. The van der Waals surface area contributed by atoms with Crippen molar-refractivity contribution in [3.05, 3.63) is 34.3 Å². The second-order valence-corrected chi connectivity index (χ2v) is 5.66. The lowest BCUT2D eigenvalue weighted by molar-refractivity contribution is -0.0786. The fourth-order valence-corrected chi connectivity index (χ4v) is 2.85. The molecule has 2 aliphatic rings. The third-order valence-electron chi connectivity index (χ3n) is 3.82. The van der Waals surface area contributed by atoms with Gasteiger partial charge in [-0.25, -0.2) is 0 Å². The fourth-order valence-electron chi connectivity index (χ4n) is 2.45. The summed E-state index contributed by atoms with van der Waals surface area (Å²) in [4.78, 5) is 0. The zero-order chi connectivity index (χ0) is 10.5. The van der Waals surface area contributed by atoms with Gasteiger partial charge >= 0.3 is 0 Å². The minimum absolute atomic E-state index is 0.00789. The molecule has 0 spiro atoms. The number of benzene rings is 1. The second kappa shape index (κ2) is 3.06. The summed E-state index contributed by atoms with van der Waals surface area (Å²) in [5.74, 6) is 0. The first-order valence-corrected chi connectivity index (χ1v) is 6.08. The maximum Gasteiger partial charge on any atom is 0.0603 e. The summed E-state index contributed by atoms with van der Waals surface area (Å²) in [7, 11) is 0. The molecule has 0 aromatic heterocycles. The summed E-state index contributed by atoms with van der Waals surface area (Å²) < 4.78 is 6.52. The lowest BCUT2D eigenvalue weighted by Crippen LogP contribution is -2.60. The van der Waals surface area contributed by atoms with Crippen LogP contribution in [0.3, 0.4) is 0 Å². The Morgan fingerprint density at radius 1 is 1.27 bits per heavy atom. The van der Waals surface area contributed by atoms with Gasteiger partial charge in [0.05, 0.1) is 18.6 Å². The van der Waals surface area contributed by atoms with Gasteiger partial charge in [0.25, 0.3) is 0 Å². The largest absolute Gasteiger partial charge is 0.379 e. The minimum atomic E-state index is -0.00789. The smallest absolute Gasteiger partial charge is 0.0603 e. The van der Waals surface area contributed by atoms with Crippen LogP contribution in [0.15, 0.2) is 28.7 Å². The first-order valence-electron chi connectivity index (χ1n) is 5.29. The van der Waals surface area contributed by atoms with Crippen molar-refractivity contribution in [1.82, 2.24) is 0 Å². The summed E-state index contributed by atoms with van der Waals surface area (Å²) in [5.41, 5.74) is 7.77. The number of hydrogen-bond acceptors (Lipinski definition) is 2. The maximum atomic E-state index is 6.37. The monoisotopic (exact) mass is 267 g/mol. The van der Waals surface area contributed by atoms with Gasteiger partial charge in [-0.3, -0.25) is 0 Å². The molecule has 2 N–H and O–H groups in total. The quantitative estimate of drug-likeness (QED) is 0.892. The van der Waals surface area contributed by atoms with Crippen molar-refractivity contribution in [2.45, 2.75) is 23.8 Å². The molecule has 3 heteroatoms. The average molecular weight is 268 g/mol. The summed E-state index contributed by atoms with van der Waals surface area (Å²) >= 11 is 3.51. The van der Waals surface area contributed by atoms with Gasteiger partial charge in [-0.2, -0.15) is 0 Å². The first kappa shape index (κ1) is 9.82. The lowest BCUT2D eigenvalue weighted by atomic mass is 9.71. The number of ether oxygens (including phenoxy) is 1. The van der Waals surface area contributed by atoms with Crippen LogP contribution in [-0.4, -0.2) is 18.8 Å². The normalized spacial score (nSPS) is 25.7. The molecule has 15 heavy (non-hydrogen) atoms. The maximum absolute atomic E-state index is 6.37. The highest BCUT2D eigenvalue weighted by Gasteiger charge is 2.61. The van der Waals surface area contributed by atoms with E-state index in [0.717, 1.165) is 30.5 Å². The Morgan fingerprint density at radius 3 is 2.47 bits per heavy atom. The van der Waals surface area contributed by atoms with Crippen molar-refractivity contribution in [2.24, 2.45) is 5.73 Å². The highest BCUT2D eigenvalue weighted by molar-refractivity contribution is 9.10. The van der Waals surface area contributed by atoms with Crippen LogP contribution in [0, 0.1) is 0 Å². The molecule has 1 aliphatic heterocycles. The van der Waals surface area contributed by atoms with Crippen molar-refractivity contribution >= 4 is 15.9 Å². The Kier molecular flexibility index (Phi) is 2.00. The van der Waals surface area contributed by atoms with Gasteiger partial charge in [-0.15, -0.1) is 0 Å². The molecule has 1 aliphatic carbocycles. The molecule has 80 valence electrons. The molecule has 0 atom stereocenters. The highest BCUT2D eigenvalue weighted by Crippen LogP contribution is 2.53. The first-order chi connectivity index (χ1) is 7.16. The van der Waals surface area contributed by atoms with Gasteiger partial charge in [0, 0.05) is 10.0 Å². The predicted octanol–water partition coefficient (Wildman–Crippen LogP) is 2.21. The summed E-state index contributed by atoms with van der Waals surface area (Å²) in [6.45, 7) is 1.56. The van der Waals surface area contributed by atoms with E-state index in [0.29, 0.717) is 0 Å². The van der Waals surface area contributed by atoms with E-state index in [-0.39, 0.29) is 11.0 Å². The Morgan fingerprint density at radius 2 is 2.00 bits per heavy atom. The van der Waals surface area contributed by atoms with Crippen molar-refractivity contribution < 1.29 is 4.74 Å². The van der Waals surface area contributed by atoms with E-state index in [4.69, 9.17) is 10.5 Å². The van der Waals surface area contributed by atoms with Gasteiger partial charge in [0.2, 0.25) is 0 Å². The molecule has 2 nitrogen and oxygen atoms in total. The highest BCUT2D eigenvalue weighted by atomic mass is 79.9. The number of rotatable bonds is 2. The molecule has 1 saturated heterocycles. The fraction of sp³-hybridized carbons (Fsp3) is 0.500. The van der Waals surface area contributed by atoms with Crippen LogP contribution >= 0.6 is 15.9 Å². The van der Waals surface area contributed by atoms with Gasteiger partial charge in [-0.1, -0.05) is 28.1 Å². The molecular weight excluding hydrogens is 254 g/mol. The van der Waals surface area contributed by atoms with Crippen molar-refractivity contribution in [1.29, 1.82) is 0 Å². The molecule has 3 rings (SSSR count). The van der Waals surface area contributed by atoms with Crippen LogP contribution in [0.4, 0.5) is 0 Å². The minimum Gasteiger partial charge on any atom is -0.379 e. The Bertz CT molecular complexity index is 396. The summed E-state index contributed by atoms with van der Waals surface area (Å²) in [6, 6.07) is 8.47. The lowest BCUT2D eigenvalue weighted by Gasteiger charge is -2.47. The Hall–Kier alpha value is -0.380. The van der Waals surface area contributed by atoms with E-state index in [1.165, 1.54) is 5.56 Å². The number of hydrogen-bond donors (Lipinski definition) is 1. The molecule has 0 bridgehead atoms. The molecule has 1 aromatic rings. The van der Waals surface area contributed by atoms with Gasteiger partial charge in [0.15, 0.2) is 0 Å². The average Bonchev–Trinajstić information content (AvgIpc) is 2.82. The standard InChI is InChI=1S/C12H14BrNO/c13-10-3-1-2-9(6-10)11(7-15-8-11)12(14)4-5-12/h1-3,6H,4-5,7-8,14H2. The van der Waals surface area contributed by atoms with E-state index in [1.807, 2.05) is 6.07 Å². The summed E-state index contributed by atoms with van der Waals surface area (Å²) in [6.07, 6.45) is 2.26. The number of halogens is 1. The molecule has 0 radical (unpaired) electrons. The Balaban J connectivity index is 2.03. The van der Waals surface area contributed by atoms with Crippen LogP contribution in [-0.2, 0) is 10.2 Å². The van der Waals surface area contributed by atoms with Crippen molar-refractivity contribution in [2.75, 3.05) is 13.2 Å². The van der Waals surface area contributed by atoms with Crippen LogP contribution in [0.2, 0.25) is 0 Å². The molecule has 1 saturated carbocycles. The zero-order valence-corrected chi connectivity index (χ0v) is 10.1. The van der Waals surface area contributed by atoms with Crippen LogP contribution in [0.25, 0.3) is 0 Å². The predicted molar refractivity (Wildman–Crippen MR) is 62.8 cm³/mol. The van der Waals surface area contributed by atoms with Gasteiger partial charge in [0.1, 0.15) is 0 Å². The molecule has 1 aromatic carbocycles. The topological polar surface area (TPSA) is 35.2 Å². The van der Waals surface area contributed by atoms with Crippen molar-refractivity contribution in [3.63, 3.8) is 0 Å². The van der Waals surface area contributed by atoms with Crippen LogP contribution < -0.4 is 5.73 Å². The molecule has 0 amide bonds. The van der Waals surface area contributed by atoms with E-state index in [2.05, 4.69) is 34.1 Å². The van der Waals surface area contributed by atoms with E-state index < -0.39 is 0 Å². The van der Waals surface area contributed by atoms with Crippen molar-refractivity contribution in [3.8, 4) is 0 Å². The van der Waals surface area contributed by atoms with Crippen LogP contribution in [0.1, 0.15) is 18.4 Å². The molecule has 2 fully saturated rings. The van der Waals surface area contributed by atoms with Gasteiger partial charge in [-0.05, 0) is 30.5 Å². The van der Waals surface area contributed by atoms with E-state index in [9.17, 15) is 0 Å². The molecular formula is C12H14BrNO. The molecule has 0 unspecified atom stereocenters. The third-order valence-corrected chi connectivity index (χ3v) is 4.31. The number of nitrogens with two attached hydrogens (primary N) is 1. The second-order valence-electron chi connectivity index (χ2n) is 4.74. The van der Waals surface area contributed by atoms with E-state index in [1.54, 1.807) is 0 Å². The van der Waals surface area contributed by atoms with E-state index >= 15 is 0 Å². The Labute approximate surface area is 97.9 Å². The third kappa shape index (κ3) is 1.30. The SMILES string of the molecule is NC1(C2(c3cccc(Br)c3)COC2)CC1. The van der Waals surface area contributed by atoms with Crippen LogP contribution in [0.5, 0.6) is 0 Å². The summed E-state index contributed by atoms with van der Waals surface area (Å²) in [5, 5.41) is 0. The van der Waals surface area contributed by atoms with Gasteiger partial charge < -0.3 is 10.5 Å².